The number of amides is 3. The van der Waals surface area contributed by atoms with Gasteiger partial charge < -0.3 is 10.5 Å². The van der Waals surface area contributed by atoms with Crippen LogP contribution in [-0.4, -0.2) is 30.9 Å². The Balaban J connectivity index is 1.79. The van der Waals surface area contributed by atoms with E-state index < -0.39 is 42.1 Å². The van der Waals surface area contributed by atoms with Gasteiger partial charge in [0.2, 0.25) is 6.86 Å². The highest BCUT2D eigenvalue weighted by atomic mass is 19.4. The molecule has 2 N–H and O–H groups in total. The Morgan fingerprint density at radius 2 is 1.68 bits per heavy atom. The van der Waals surface area contributed by atoms with Crippen molar-refractivity contribution in [2.75, 3.05) is 16.7 Å². The molecule has 2 aliphatic rings. The van der Waals surface area contributed by atoms with Crippen LogP contribution in [0.2, 0.25) is 0 Å². The van der Waals surface area contributed by atoms with Gasteiger partial charge in [-0.3, -0.25) is 14.6 Å². The van der Waals surface area contributed by atoms with E-state index in [1.165, 1.54) is 40.1 Å². The van der Waals surface area contributed by atoms with Crippen molar-refractivity contribution in [3.05, 3.63) is 53.1 Å². The Morgan fingerprint density at radius 3 is 2.21 bits per heavy atom. The summed E-state index contributed by atoms with van der Waals surface area (Å²) in [6.07, 6.45) is -1.99. The van der Waals surface area contributed by atoms with Crippen LogP contribution in [-0.2, 0) is 6.18 Å². The van der Waals surface area contributed by atoms with E-state index in [0.717, 1.165) is 25.0 Å². The number of urea groups is 1. The van der Waals surface area contributed by atoms with Gasteiger partial charge in [-0.25, -0.2) is 9.18 Å². The molecule has 7 nitrogen and oxygen atoms in total. The number of fused-ring (bicyclic) bond motifs is 1. The van der Waals surface area contributed by atoms with Gasteiger partial charge in [-0.2, -0.15) is 18.4 Å². The lowest BCUT2D eigenvalue weighted by molar-refractivity contribution is -0.137. The van der Waals surface area contributed by atoms with E-state index in [4.69, 9.17) is 15.7 Å². The Morgan fingerprint density at radius 1 is 1.09 bits per heavy atom. The smallest absolute Gasteiger partial charge is 0.417 e. The maximum absolute atomic E-state index is 13.6. The molecule has 1 saturated heterocycles. The topological polar surface area (TPSA) is 99.7 Å². The largest absolute Gasteiger partial charge is 0.462 e. The van der Waals surface area contributed by atoms with Gasteiger partial charge in [0.15, 0.2) is 0 Å². The Bertz CT molecular complexity index is 1180. The predicted octanol–water partition coefficient (Wildman–Crippen LogP) is 4.74. The fourth-order valence-corrected chi connectivity index (χ4v) is 4.75. The predicted molar refractivity (Wildman–Crippen MR) is 114 cm³/mol. The number of carbonyl (C=O) groups is 2. The summed E-state index contributed by atoms with van der Waals surface area (Å²) in [4.78, 5) is 28.0. The maximum atomic E-state index is 13.6. The van der Waals surface area contributed by atoms with Gasteiger partial charge in [-0.1, -0.05) is 12.8 Å². The lowest BCUT2D eigenvalue weighted by Gasteiger charge is -2.32. The molecule has 11 heteroatoms. The number of nitriles is 1. The fourth-order valence-electron chi connectivity index (χ4n) is 4.75. The van der Waals surface area contributed by atoms with E-state index in [9.17, 15) is 27.2 Å². The molecule has 0 spiro atoms. The van der Waals surface area contributed by atoms with Crippen molar-refractivity contribution in [2.45, 2.75) is 43.9 Å². The SMILES string of the molecule is N#Cc1ccc(N2C(=O)N(c3ccc(C(N)=O)c(OCF)c3)C3CCCCC32)cc1C(F)(F)F. The normalized spacial score (nSPS) is 20.1. The highest BCUT2D eigenvalue weighted by molar-refractivity contribution is 6.08. The molecule has 1 heterocycles. The summed E-state index contributed by atoms with van der Waals surface area (Å²) in [6, 6.07) is 7.53. The van der Waals surface area contributed by atoms with Crippen molar-refractivity contribution >= 4 is 23.3 Å². The van der Waals surface area contributed by atoms with Crippen molar-refractivity contribution in [1.29, 1.82) is 5.26 Å². The maximum Gasteiger partial charge on any atom is 0.417 e. The first kappa shape index (κ1) is 23.4. The number of hydrogen-bond donors (Lipinski definition) is 1. The minimum atomic E-state index is -4.77. The third-order valence-electron chi connectivity index (χ3n) is 6.20. The zero-order chi connectivity index (χ0) is 24.6. The first-order valence-corrected chi connectivity index (χ1v) is 10.5. The number of benzene rings is 2. The molecule has 34 heavy (non-hydrogen) atoms. The lowest BCUT2D eigenvalue weighted by atomic mass is 9.89. The number of halogens is 4. The number of anilines is 2. The van der Waals surface area contributed by atoms with Crippen molar-refractivity contribution in [3.8, 4) is 11.8 Å². The van der Waals surface area contributed by atoms with E-state index in [2.05, 4.69) is 0 Å². The molecule has 2 unspecified atom stereocenters. The second kappa shape index (κ2) is 8.85. The third-order valence-corrected chi connectivity index (χ3v) is 6.20. The molecular formula is C23H20F4N4O3. The van der Waals surface area contributed by atoms with Crippen LogP contribution >= 0.6 is 0 Å². The molecule has 2 aromatic rings. The van der Waals surface area contributed by atoms with Crippen LogP contribution in [0.25, 0.3) is 0 Å². The molecule has 2 atom stereocenters. The monoisotopic (exact) mass is 476 g/mol. The molecule has 1 aliphatic carbocycles. The van der Waals surface area contributed by atoms with E-state index in [1.807, 2.05) is 0 Å². The highest BCUT2D eigenvalue weighted by Crippen LogP contribution is 2.42. The summed E-state index contributed by atoms with van der Waals surface area (Å²) in [5, 5.41) is 9.09. The first-order valence-electron chi connectivity index (χ1n) is 10.5. The van der Waals surface area contributed by atoms with Gasteiger partial charge in [-0.15, -0.1) is 0 Å². The quantitative estimate of drug-likeness (QED) is 0.630. The van der Waals surface area contributed by atoms with Gasteiger partial charge in [0.1, 0.15) is 5.75 Å². The number of carbonyl (C=O) groups excluding carboxylic acids is 2. The van der Waals surface area contributed by atoms with E-state index in [1.54, 1.807) is 0 Å². The summed E-state index contributed by atoms with van der Waals surface area (Å²) >= 11 is 0. The summed E-state index contributed by atoms with van der Waals surface area (Å²) in [7, 11) is 0. The minimum Gasteiger partial charge on any atom is -0.462 e. The van der Waals surface area contributed by atoms with E-state index >= 15 is 0 Å². The van der Waals surface area contributed by atoms with Crippen molar-refractivity contribution in [1.82, 2.24) is 0 Å². The van der Waals surface area contributed by atoms with Crippen molar-refractivity contribution in [2.24, 2.45) is 5.73 Å². The number of ether oxygens (including phenoxy) is 1. The van der Waals surface area contributed by atoms with Gasteiger partial charge >= 0.3 is 12.2 Å². The summed E-state index contributed by atoms with van der Waals surface area (Å²) in [6.45, 7) is -1.22. The van der Waals surface area contributed by atoms with Gasteiger partial charge in [0.25, 0.3) is 5.91 Å². The van der Waals surface area contributed by atoms with Crippen molar-refractivity contribution < 1.29 is 31.9 Å². The van der Waals surface area contributed by atoms with Crippen LogP contribution in [0.15, 0.2) is 36.4 Å². The number of alkyl halides is 4. The molecule has 2 fully saturated rings. The number of primary amides is 1. The number of rotatable bonds is 5. The van der Waals surface area contributed by atoms with Gasteiger partial charge in [0, 0.05) is 17.4 Å². The zero-order valence-corrected chi connectivity index (χ0v) is 17.8. The Labute approximate surface area is 192 Å². The van der Waals surface area contributed by atoms with Crippen LogP contribution in [0.5, 0.6) is 5.75 Å². The molecular weight excluding hydrogens is 456 g/mol. The van der Waals surface area contributed by atoms with Gasteiger partial charge in [-0.05, 0) is 43.2 Å². The lowest BCUT2D eigenvalue weighted by Crippen LogP contribution is -2.40. The molecule has 0 radical (unpaired) electrons. The molecule has 1 saturated carbocycles. The van der Waals surface area contributed by atoms with E-state index in [-0.39, 0.29) is 23.0 Å². The molecule has 178 valence electrons. The number of hydrogen-bond acceptors (Lipinski definition) is 4. The van der Waals surface area contributed by atoms with E-state index in [0.29, 0.717) is 18.5 Å². The average Bonchev–Trinajstić information content (AvgIpc) is 3.09. The van der Waals surface area contributed by atoms with Crippen molar-refractivity contribution in [3.63, 3.8) is 0 Å². The molecule has 0 bridgehead atoms. The third kappa shape index (κ3) is 4.00. The molecule has 1 aliphatic heterocycles. The molecule has 3 amide bonds. The second-order valence-electron chi connectivity index (χ2n) is 8.08. The minimum absolute atomic E-state index is 0.0321. The molecule has 0 aromatic heterocycles. The number of nitrogens with two attached hydrogens (primary N) is 1. The summed E-state index contributed by atoms with van der Waals surface area (Å²) in [5.74, 6) is -0.971. The van der Waals surface area contributed by atoms with Crippen LogP contribution in [0.4, 0.5) is 33.7 Å². The summed E-state index contributed by atoms with van der Waals surface area (Å²) in [5.41, 5.74) is 3.94. The summed E-state index contributed by atoms with van der Waals surface area (Å²) < 4.78 is 58.4. The zero-order valence-electron chi connectivity index (χ0n) is 17.8. The Kier molecular flexibility index (Phi) is 6.08. The van der Waals surface area contributed by atoms with Crippen LogP contribution in [0, 0.1) is 11.3 Å². The first-order chi connectivity index (χ1) is 16.2. The number of nitrogens with zero attached hydrogens (tertiary/aromatic N) is 3. The fraction of sp³-hybridized carbons (Fsp3) is 0.348. The highest BCUT2D eigenvalue weighted by Gasteiger charge is 2.48. The van der Waals surface area contributed by atoms with Gasteiger partial charge in [0.05, 0.1) is 34.8 Å². The molecule has 2 aromatic carbocycles. The van der Waals surface area contributed by atoms with Crippen LogP contribution < -0.4 is 20.3 Å². The molecule has 4 rings (SSSR count). The standard InChI is InChI=1S/C23H20F4N4O3/c24-12-34-20-10-15(7-8-16(20)21(29)32)31-19-4-2-1-3-18(19)30(22(31)33)14-6-5-13(11-28)17(9-14)23(25,26)27/h5-10,18-19H,1-4,12H2,(H2,29,32). The van der Waals surface area contributed by atoms with Crippen LogP contribution in [0.3, 0.4) is 0 Å². The van der Waals surface area contributed by atoms with Crippen LogP contribution in [0.1, 0.15) is 47.2 Å². The Hall–Kier alpha value is -3.81. The average molecular weight is 476 g/mol. The second-order valence-corrected chi connectivity index (χ2v) is 8.08.